The van der Waals surface area contributed by atoms with Crippen LogP contribution >= 0.6 is 11.6 Å². The van der Waals surface area contributed by atoms with Crippen LogP contribution in [0, 0.1) is 18.6 Å². The summed E-state index contributed by atoms with van der Waals surface area (Å²) in [5.74, 6) is -1.27. The first-order valence-electron chi connectivity index (χ1n) is 7.36. The summed E-state index contributed by atoms with van der Waals surface area (Å²) in [6.45, 7) is 1.66. The predicted octanol–water partition coefficient (Wildman–Crippen LogP) is 3.64. The van der Waals surface area contributed by atoms with Gasteiger partial charge in [0.15, 0.2) is 0 Å². The van der Waals surface area contributed by atoms with E-state index in [0.29, 0.717) is 11.3 Å². The Morgan fingerprint density at radius 2 is 1.38 bits per heavy atom. The Morgan fingerprint density at radius 3 is 1.92 bits per heavy atom. The van der Waals surface area contributed by atoms with Crippen molar-refractivity contribution in [2.75, 3.05) is 11.5 Å². The molecule has 2 aromatic rings. The summed E-state index contributed by atoms with van der Waals surface area (Å²) >= 11 is 5.70. The molecule has 2 unspecified atom stereocenters. The lowest BCUT2D eigenvalue weighted by Gasteiger charge is -2.17. The average molecular weight is 357 g/mol. The predicted molar refractivity (Wildman–Crippen MR) is 90.5 cm³/mol. The normalized spacial score (nSPS) is 13.8. The maximum absolute atomic E-state index is 13.9. The number of benzene rings is 2. The number of rotatable bonds is 5. The molecule has 0 aliphatic carbocycles. The minimum absolute atomic E-state index is 0.00633. The molecule has 0 amide bonds. The van der Waals surface area contributed by atoms with E-state index in [2.05, 4.69) is 0 Å². The Hall–Kier alpha value is -1.89. The molecule has 0 spiro atoms. The Bertz CT molecular complexity index is 692. The second-order valence-electron chi connectivity index (χ2n) is 5.73. The van der Waals surface area contributed by atoms with E-state index < -0.39 is 23.8 Å². The number of nitrogen functional groups attached to an aromatic ring is 2. The third-order valence-electron chi connectivity index (χ3n) is 3.93. The molecule has 0 fully saturated rings. The smallest absolute Gasteiger partial charge is 0.130 e. The van der Waals surface area contributed by atoms with Crippen LogP contribution in [0.15, 0.2) is 24.3 Å². The summed E-state index contributed by atoms with van der Waals surface area (Å²) in [6.07, 6.45) is -2.35. The molecule has 0 heterocycles. The molecule has 24 heavy (non-hydrogen) atoms. The lowest BCUT2D eigenvalue weighted by atomic mass is 9.97. The van der Waals surface area contributed by atoms with Gasteiger partial charge in [-0.1, -0.05) is 11.6 Å². The lowest BCUT2D eigenvalue weighted by Crippen LogP contribution is -2.08. The van der Waals surface area contributed by atoms with E-state index in [9.17, 15) is 19.0 Å². The van der Waals surface area contributed by atoms with E-state index in [-0.39, 0.29) is 34.7 Å². The lowest BCUT2D eigenvalue weighted by molar-refractivity contribution is 0.111. The molecule has 0 bridgehead atoms. The van der Waals surface area contributed by atoms with Crippen molar-refractivity contribution in [3.05, 3.63) is 57.6 Å². The maximum atomic E-state index is 13.9. The van der Waals surface area contributed by atoms with Gasteiger partial charge >= 0.3 is 0 Å². The molecular weight excluding hydrogens is 338 g/mol. The molecule has 0 aliphatic rings. The van der Waals surface area contributed by atoms with Gasteiger partial charge in [0.2, 0.25) is 0 Å². The number of halogens is 3. The fraction of sp³-hybridized carbons (Fsp3) is 0.294. The van der Waals surface area contributed by atoms with Crippen LogP contribution in [0.25, 0.3) is 0 Å². The van der Waals surface area contributed by atoms with E-state index in [1.54, 1.807) is 6.92 Å². The van der Waals surface area contributed by atoms with Crippen molar-refractivity contribution in [2.24, 2.45) is 0 Å². The molecule has 2 aromatic carbocycles. The molecule has 0 saturated heterocycles. The zero-order valence-electron chi connectivity index (χ0n) is 13.1. The highest BCUT2D eigenvalue weighted by molar-refractivity contribution is 6.33. The molecule has 2 rings (SSSR count). The van der Waals surface area contributed by atoms with Gasteiger partial charge in [-0.3, -0.25) is 0 Å². The van der Waals surface area contributed by atoms with E-state index in [4.69, 9.17) is 23.1 Å². The van der Waals surface area contributed by atoms with Gasteiger partial charge in [-0.25, -0.2) is 8.78 Å². The van der Waals surface area contributed by atoms with Crippen LogP contribution < -0.4 is 11.5 Å². The Morgan fingerprint density at radius 1 is 0.917 bits per heavy atom. The minimum atomic E-state index is -1.20. The Labute approximate surface area is 143 Å². The molecule has 0 radical (unpaired) electrons. The number of hydrogen-bond donors (Lipinski definition) is 4. The number of nitrogens with two attached hydrogens (primary N) is 2. The summed E-state index contributed by atoms with van der Waals surface area (Å²) in [4.78, 5) is 0. The molecular formula is C17H19ClF2N2O2. The highest BCUT2D eigenvalue weighted by Crippen LogP contribution is 2.32. The average Bonchev–Trinajstić information content (AvgIpc) is 2.51. The zero-order valence-corrected chi connectivity index (χ0v) is 13.8. The first-order valence-corrected chi connectivity index (χ1v) is 7.74. The van der Waals surface area contributed by atoms with Gasteiger partial charge in [-0.2, -0.15) is 0 Å². The molecule has 0 saturated carbocycles. The topological polar surface area (TPSA) is 92.5 Å². The van der Waals surface area contributed by atoms with Gasteiger partial charge in [0.1, 0.15) is 11.6 Å². The van der Waals surface area contributed by atoms with Crippen molar-refractivity contribution in [3.8, 4) is 0 Å². The van der Waals surface area contributed by atoms with Crippen molar-refractivity contribution in [1.82, 2.24) is 0 Å². The first-order chi connectivity index (χ1) is 11.2. The maximum Gasteiger partial charge on any atom is 0.130 e. The van der Waals surface area contributed by atoms with Crippen LogP contribution in [0.4, 0.5) is 20.2 Å². The molecule has 7 heteroatoms. The molecule has 0 aromatic heterocycles. The standard InChI is InChI=1S/C17H19ClF2N2O2/c1-8-4-12(19)9(5-14(8)21)16(23)2-3-17(24)10-6-15(22)11(18)7-13(10)20/h4-7,16-17,23-24H,2-3,21-22H2,1H3. The third kappa shape index (κ3) is 3.95. The molecule has 4 nitrogen and oxygen atoms in total. The highest BCUT2D eigenvalue weighted by Gasteiger charge is 2.19. The number of aryl methyl sites for hydroxylation is 1. The van der Waals surface area contributed by atoms with E-state index in [1.165, 1.54) is 18.2 Å². The largest absolute Gasteiger partial charge is 0.399 e. The van der Waals surface area contributed by atoms with Gasteiger partial charge in [-0.05, 0) is 49.6 Å². The van der Waals surface area contributed by atoms with Crippen LogP contribution in [-0.2, 0) is 0 Å². The van der Waals surface area contributed by atoms with E-state index in [0.717, 1.165) is 6.07 Å². The monoisotopic (exact) mass is 356 g/mol. The summed E-state index contributed by atoms with van der Waals surface area (Å²) in [6, 6.07) is 4.87. The van der Waals surface area contributed by atoms with Crippen molar-refractivity contribution < 1.29 is 19.0 Å². The summed E-state index contributed by atoms with van der Waals surface area (Å²) < 4.78 is 27.8. The number of anilines is 2. The number of aliphatic hydroxyl groups is 2. The minimum Gasteiger partial charge on any atom is -0.399 e. The molecule has 130 valence electrons. The van der Waals surface area contributed by atoms with E-state index >= 15 is 0 Å². The van der Waals surface area contributed by atoms with E-state index in [1.807, 2.05) is 0 Å². The van der Waals surface area contributed by atoms with Gasteiger partial charge < -0.3 is 21.7 Å². The third-order valence-corrected chi connectivity index (χ3v) is 4.26. The van der Waals surface area contributed by atoms with Crippen LogP contribution in [-0.4, -0.2) is 10.2 Å². The SMILES string of the molecule is Cc1cc(F)c(C(O)CCC(O)c2cc(N)c(Cl)cc2F)cc1N. The molecule has 0 aliphatic heterocycles. The number of hydrogen-bond acceptors (Lipinski definition) is 4. The van der Waals surface area contributed by atoms with Gasteiger partial charge in [0.05, 0.1) is 22.9 Å². The van der Waals surface area contributed by atoms with Crippen LogP contribution in [0.3, 0.4) is 0 Å². The van der Waals surface area contributed by atoms with Crippen molar-refractivity contribution >= 4 is 23.0 Å². The Kier molecular flexibility index (Phi) is 5.64. The Balaban J connectivity index is 2.10. The van der Waals surface area contributed by atoms with Gasteiger partial charge in [0.25, 0.3) is 0 Å². The highest BCUT2D eigenvalue weighted by atomic mass is 35.5. The quantitative estimate of drug-likeness (QED) is 0.615. The zero-order chi connectivity index (χ0) is 18.0. The van der Waals surface area contributed by atoms with Crippen LogP contribution in [0.2, 0.25) is 5.02 Å². The summed E-state index contributed by atoms with van der Waals surface area (Å²) in [5.41, 5.74) is 12.4. The summed E-state index contributed by atoms with van der Waals surface area (Å²) in [7, 11) is 0. The van der Waals surface area contributed by atoms with Crippen LogP contribution in [0.1, 0.15) is 41.7 Å². The van der Waals surface area contributed by atoms with Gasteiger partial charge in [0, 0.05) is 16.8 Å². The fourth-order valence-electron chi connectivity index (χ4n) is 2.43. The van der Waals surface area contributed by atoms with Crippen LogP contribution in [0.5, 0.6) is 0 Å². The van der Waals surface area contributed by atoms with Crippen molar-refractivity contribution in [3.63, 3.8) is 0 Å². The molecule has 2 atom stereocenters. The fourth-order valence-corrected chi connectivity index (χ4v) is 2.58. The second kappa shape index (κ2) is 7.34. The van der Waals surface area contributed by atoms with Crippen molar-refractivity contribution in [2.45, 2.75) is 32.0 Å². The van der Waals surface area contributed by atoms with Crippen molar-refractivity contribution in [1.29, 1.82) is 0 Å². The summed E-state index contributed by atoms with van der Waals surface area (Å²) in [5, 5.41) is 20.3. The van der Waals surface area contributed by atoms with Gasteiger partial charge in [-0.15, -0.1) is 0 Å². The molecule has 6 N–H and O–H groups in total. The second-order valence-corrected chi connectivity index (χ2v) is 6.14. The number of aliphatic hydroxyl groups excluding tert-OH is 2. The first kappa shape index (κ1) is 18.4.